The van der Waals surface area contributed by atoms with Gasteiger partial charge in [0.05, 0.1) is 11.2 Å². The van der Waals surface area contributed by atoms with Crippen LogP contribution in [-0.4, -0.2) is 40.0 Å². The van der Waals surface area contributed by atoms with Crippen molar-refractivity contribution in [2.75, 3.05) is 6.54 Å². The number of carbonyl (C=O) groups is 2. The molecule has 138 valence electrons. The maximum absolute atomic E-state index is 13.0. The van der Waals surface area contributed by atoms with Crippen LogP contribution in [0.5, 0.6) is 5.75 Å². The highest BCUT2D eigenvalue weighted by Crippen LogP contribution is 2.31. The summed E-state index contributed by atoms with van der Waals surface area (Å²) in [5.74, 6) is -0.738. The van der Waals surface area contributed by atoms with Gasteiger partial charge in [0, 0.05) is 11.9 Å². The minimum Gasteiger partial charge on any atom is -0.506 e. The van der Waals surface area contributed by atoms with E-state index in [1.807, 2.05) is 39.0 Å². The molecule has 1 aliphatic heterocycles. The third kappa shape index (κ3) is 3.65. The lowest BCUT2D eigenvalue weighted by Crippen LogP contribution is -2.47. The molecule has 2 aromatic carbocycles. The van der Waals surface area contributed by atoms with Gasteiger partial charge in [0.1, 0.15) is 11.8 Å². The van der Waals surface area contributed by atoms with Gasteiger partial charge < -0.3 is 10.0 Å². The molecule has 0 bridgehead atoms. The topological polar surface area (TPSA) is 78.9 Å². The zero-order chi connectivity index (χ0) is 18.9. The van der Waals surface area contributed by atoms with Crippen LogP contribution in [0.1, 0.15) is 44.0 Å². The number of rotatable bonds is 3. The predicted molar refractivity (Wildman–Crippen MR) is 98.7 cm³/mol. The average molecular weight is 356 g/mol. The zero-order valence-electron chi connectivity index (χ0n) is 15.3. The van der Waals surface area contributed by atoms with E-state index in [4.69, 9.17) is 4.84 Å². The van der Waals surface area contributed by atoms with Crippen molar-refractivity contribution in [3.63, 3.8) is 0 Å². The largest absolute Gasteiger partial charge is 0.506 e. The van der Waals surface area contributed by atoms with Gasteiger partial charge >= 0.3 is 0 Å². The number of nitrogens with zero attached hydrogens (tertiary/aromatic N) is 1. The molecule has 0 unspecified atom stereocenters. The van der Waals surface area contributed by atoms with E-state index in [0.717, 1.165) is 11.8 Å². The molecule has 6 heteroatoms. The average Bonchev–Trinajstić information content (AvgIpc) is 3.09. The maximum atomic E-state index is 13.0. The number of nitrogens with one attached hydrogen (secondary N) is 1. The van der Waals surface area contributed by atoms with E-state index in [9.17, 15) is 14.7 Å². The lowest BCUT2D eigenvalue weighted by molar-refractivity contribution is -0.149. The number of hydrogen-bond donors (Lipinski definition) is 2. The van der Waals surface area contributed by atoms with E-state index in [0.29, 0.717) is 18.4 Å². The molecule has 1 atom stereocenters. The monoisotopic (exact) mass is 356 g/mol. The molecule has 0 aliphatic carbocycles. The molecule has 0 spiro atoms. The standard InChI is InChI=1S/C20H24N2O4/c1-20(2,3)26-21-18(24)16-9-6-12-22(16)19(25)15-11-10-13-7-4-5-8-14(13)17(15)23/h4-5,7-8,10-11,16,23H,6,9,12H2,1-3H3,(H,21,24)/t16-/m1/s1. The Hall–Kier alpha value is -2.60. The molecule has 6 nitrogen and oxygen atoms in total. The molecule has 2 aromatic rings. The highest BCUT2D eigenvalue weighted by Gasteiger charge is 2.36. The molecule has 26 heavy (non-hydrogen) atoms. The Bertz CT molecular complexity index is 841. The molecule has 0 saturated carbocycles. The quantitative estimate of drug-likeness (QED) is 0.829. The Kier molecular flexibility index (Phi) is 4.87. The Labute approximate surface area is 152 Å². The molecule has 2 N–H and O–H groups in total. The first-order valence-corrected chi connectivity index (χ1v) is 8.77. The number of hydrogen-bond acceptors (Lipinski definition) is 4. The van der Waals surface area contributed by atoms with E-state index in [-0.39, 0.29) is 23.1 Å². The van der Waals surface area contributed by atoms with Crippen molar-refractivity contribution >= 4 is 22.6 Å². The number of hydroxylamine groups is 1. The van der Waals surface area contributed by atoms with Gasteiger partial charge in [-0.25, -0.2) is 5.48 Å². The van der Waals surface area contributed by atoms with Crippen molar-refractivity contribution in [3.8, 4) is 5.75 Å². The first-order chi connectivity index (χ1) is 12.3. The molecule has 0 aromatic heterocycles. The third-order valence-electron chi connectivity index (χ3n) is 4.41. The summed E-state index contributed by atoms with van der Waals surface area (Å²) in [7, 11) is 0. The number of phenolic OH excluding ortho intramolecular Hbond substituents is 1. The number of phenols is 1. The molecule has 2 amide bonds. The summed E-state index contributed by atoms with van der Waals surface area (Å²) < 4.78 is 0. The highest BCUT2D eigenvalue weighted by atomic mass is 16.7. The van der Waals surface area contributed by atoms with Crippen LogP contribution in [0.15, 0.2) is 36.4 Å². The van der Waals surface area contributed by atoms with Gasteiger partial charge in [-0.2, -0.15) is 0 Å². The Morgan fingerprint density at radius 1 is 1.19 bits per heavy atom. The molecule has 3 rings (SSSR count). The van der Waals surface area contributed by atoms with Crippen molar-refractivity contribution in [1.82, 2.24) is 10.4 Å². The van der Waals surface area contributed by atoms with Crippen LogP contribution in [-0.2, 0) is 9.63 Å². The fraction of sp³-hybridized carbons (Fsp3) is 0.400. The van der Waals surface area contributed by atoms with E-state index >= 15 is 0 Å². The number of likely N-dealkylation sites (tertiary alicyclic amines) is 1. The number of benzene rings is 2. The van der Waals surface area contributed by atoms with Crippen LogP contribution in [0.3, 0.4) is 0 Å². The molecule has 1 heterocycles. The van der Waals surface area contributed by atoms with Crippen LogP contribution >= 0.6 is 0 Å². The third-order valence-corrected chi connectivity index (χ3v) is 4.41. The van der Waals surface area contributed by atoms with Crippen molar-refractivity contribution in [3.05, 3.63) is 42.0 Å². The first-order valence-electron chi connectivity index (χ1n) is 8.77. The summed E-state index contributed by atoms with van der Waals surface area (Å²) >= 11 is 0. The Balaban J connectivity index is 1.82. The second-order valence-corrected chi connectivity index (χ2v) is 7.52. The van der Waals surface area contributed by atoms with Gasteiger partial charge in [0.2, 0.25) is 0 Å². The van der Waals surface area contributed by atoms with Crippen molar-refractivity contribution in [2.45, 2.75) is 45.3 Å². The minimum absolute atomic E-state index is 0.0508. The van der Waals surface area contributed by atoms with Crippen LogP contribution in [0.4, 0.5) is 0 Å². The van der Waals surface area contributed by atoms with Crippen LogP contribution in [0, 0.1) is 0 Å². The summed E-state index contributed by atoms with van der Waals surface area (Å²) in [4.78, 5) is 32.3. The number of aromatic hydroxyl groups is 1. The molecular formula is C20H24N2O4. The number of amides is 2. The lowest BCUT2D eigenvalue weighted by Gasteiger charge is -2.26. The van der Waals surface area contributed by atoms with Gasteiger partial charge in [-0.15, -0.1) is 0 Å². The SMILES string of the molecule is CC(C)(C)ONC(=O)[C@H]1CCCN1C(=O)c1ccc2ccccc2c1O. The highest BCUT2D eigenvalue weighted by molar-refractivity contribution is 6.05. The summed E-state index contributed by atoms with van der Waals surface area (Å²) in [6.07, 6.45) is 1.30. The van der Waals surface area contributed by atoms with Crippen molar-refractivity contribution in [1.29, 1.82) is 0 Å². The second kappa shape index (κ2) is 6.96. The zero-order valence-corrected chi connectivity index (χ0v) is 15.3. The Morgan fingerprint density at radius 2 is 1.92 bits per heavy atom. The molecule has 1 fully saturated rings. The summed E-state index contributed by atoms with van der Waals surface area (Å²) in [5, 5.41) is 12.0. The fourth-order valence-corrected chi connectivity index (χ4v) is 3.14. The Morgan fingerprint density at radius 3 is 2.65 bits per heavy atom. The van der Waals surface area contributed by atoms with E-state index in [1.165, 1.54) is 4.90 Å². The maximum Gasteiger partial charge on any atom is 0.266 e. The van der Waals surface area contributed by atoms with E-state index in [1.54, 1.807) is 18.2 Å². The second-order valence-electron chi connectivity index (χ2n) is 7.52. The fourth-order valence-electron chi connectivity index (χ4n) is 3.14. The normalized spacial score (nSPS) is 17.5. The van der Waals surface area contributed by atoms with Crippen LogP contribution < -0.4 is 5.48 Å². The van der Waals surface area contributed by atoms with Crippen molar-refractivity contribution < 1.29 is 19.5 Å². The predicted octanol–water partition coefficient (Wildman–Crippen LogP) is 3.00. The van der Waals surface area contributed by atoms with Gasteiger partial charge in [0.25, 0.3) is 11.8 Å². The van der Waals surface area contributed by atoms with E-state index in [2.05, 4.69) is 5.48 Å². The van der Waals surface area contributed by atoms with Crippen LogP contribution in [0.25, 0.3) is 10.8 Å². The lowest BCUT2D eigenvalue weighted by atomic mass is 10.0. The summed E-state index contributed by atoms with van der Waals surface area (Å²) in [5.41, 5.74) is 2.14. The number of carbonyl (C=O) groups excluding carboxylic acids is 2. The summed E-state index contributed by atoms with van der Waals surface area (Å²) in [6, 6.07) is 10.1. The summed E-state index contributed by atoms with van der Waals surface area (Å²) in [6.45, 7) is 5.96. The first kappa shape index (κ1) is 18.2. The minimum atomic E-state index is -0.601. The van der Waals surface area contributed by atoms with Crippen LogP contribution in [0.2, 0.25) is 0 Å². The molecule has 1 saturated heterocycles. The van der Waals surface area contributed by atoms with E-state index < -0.39 is 11.6 Å². The van der Waals surface area contributed by atoms with Gasteiger partial charge in [-0.3, -0.25) is 14.4 Å². The molecule has 0 radical (unpaired) electrons. The molecule has 1 aliphatic rings. The number of fused-ring (bicyclic) bond motifs is 1. The van der Waals surface area contributed by atoms with Crippen molar-refractivity contribution in [2.24, 2.45) is 0 Å². The smallest absolute Gasteiger partial charge is 0.266 e. The van der Waals surface area contributed by atoms with Gasteiger partial charge in [-0.05, 0) is 45.1 Å². The molecular weight excluding hydrogens is 332 g/mol. The van der Waals surface area contributed by atoms with Gasteiger partial charge in [0.15, 0.2) is 0 Å². The van der Waals surface area contributed by atoms with Gasteiger partial charge in [-0.1, -0.05) is 30.3 Å².